The van der Waals surface area contributed by atoms with Gasteiger partial charge >= 0.3 is 0 Å². The molecule has 0 amide bonds. The number of hydrogen-bond acceptors (Lipinski definition) is 6. The van der Waals surface area contributed by atoms with Crippen LogP contribution in [0.1, 0.15) is 22.1 Å². The zero-order valence-electron chi connectivity index (χ0n) is 13.3. The van der Waals surface area contributed by atoms with Gasteiger partial charge in [-0.1, -0.05) is 29.3 Å². The zero-order valence-corrected chi connectivity index (χ0v) is 16.4. The Morgan fingerprint density at radius 1 is 1.40 bits per heavy atom. The maximum absolute atomic E-state index is 6.65. The Labute approximate surface area is 163 Å². The molecule has 3 aromatic rings. The number of nitrogens with zero attached hydrogens (tertiary/aromatic N) is 1. The van der Waals surface area contributed by atoms with Crippen LogP contribution in [0.25, 0.3) is 10.2 Å². The first kappa shape index (κ1) is 17.5. The molecule has 3 aromatic heterocycles. The zero-order chi connectivity index (χ0) is 17.4. The maximum atomic E-state index is 6.65. The van der Waals surface area contributed by atoms with Gasteiger partial charge in [-0.15, -0.1) is 22.7 Å². The Morgan fingerprint density at radius 2 is 2.28 bits per heavy atom. The van der Waals surface area contributed by atoms with Crippen molar-refractivity contribution in [2.75, 3.05) is 18.5 Å². The first-order chi connectivity index (χ1) is 12.1. The minimum atomic E-state index is 0.0531. The van der Waals surface area contributed by atoms with E-state index < -0.39 is 0 Å². The van der Waals surface area contributed by atoms with Gasteiger partial charge in [-0.25, -0.2) is 4.98 Å². The number of rotatable bonds is 4. The van der Waals surface area contributed by atoms with E-state index in [-0.39, 0.29) is 12.0 Å². The Balaban J connectivity index is 1.72. The fourth-order valence-electron chi connectivity index (χ4n) is 3.02. The topological polar surface area (TPSA) is 60.2 Å². The fraction of sp³-hybridized carbons (Fsp3) is 0.353. The number of hydrogen-bond donors (Lipinski definition) is 2. The lowest BCUT2D eigenvalue weighted by atomic mass is 9.95. The standard InChI is InChI=1S/C17H17Cl2N3OS2/c18-13-6-12(21-7-9-2-1-5-24-9)17-15(22-13)14(19)16(25-17)10-8-23-4-3-11(10)20/h1-2,5-6,10-11H,3-4,7-8,20H2,(H,21,22)/t10-,11-/m1/s1. The number of pyridine rings is 1. The molecule has 1 aliphatic rings. The van der Waals surface area contributed by atoms with E-state index in [9.17, 15) is 0 Å². The van der Waals surface area contributed by atoms with Gasteiger partial charge in [0, 0.05) is 40.9 Å². The minimum Gasteiger partial charge on any atom is -0.381 e. The Morgan fingerprint density at radius 3 is 3.04 bits per heavy atom. The first-order valence-electron chi connectivity index (χ1n) is 8.01. The molecule has 8 heteroatoms. The van der Waals surface area contributed by atoms with Crippen molar-refractivity contribution in [3.05, 3.63) is 43.5 Å². The van der Waals surface area contributed by atoms with E-state index in [2.05, 4.69) is 21.7 Å². The average Bonchev–Trinajstić information content (AvgIpc) is 3.22. The third-order valence-corrected chi connectivity index (χ3v) is 7.27. The number of nitrogens with one attached hydrogen (secondary N) is 1. The fourth-order valence-corrected chi connectivity index (χ4v) is 5.59. The summed E-state index contributed by atoms with van der Waals surface area (Å²) in [6.07, 6.45) is 0.840. The van der Waals surface area contributed by atoms with Gasteiger partial charge in [0.05, 0.1) is 22.0 Å². The van der Waals surface area contributed by atoms with Crippen LogP contribution < -0.4 is 11.1 Å². The summed E-state index contributed by atoms with van der Waals surface area (Å²) in [6.45, 7) is 2.04. The predicted molar refractivity (Wildman–Crippen MR) is 107 cm³/mol. The number of anilines is 1. The number of halogens is 2. The van der Waals surface area contributed by atoms with Crippen LogP contribution in [0.4, 0.5) is 5.69 Å². The number of fused-ring (bicyclic) bond motifs is 1. The molecule has 132 valence electrons. The van der Waals surface area contributed by atoms with Gasteiger partial charge in [-0.2, -0.15) is 0 Å². The van der Waals surface area contributed by atoms with Gasteiger partial charge in [-0.3, -0.25) is 0 Å². The lowest BCUT2D eigenvalue weighted by Crippen LogP contribution is -2.36. The molecule has 1 saturated heterocycles. The molecule has 2 atom stereocenters. The van der Waals surface area contributed by atoms with Crippen LogP contribution in [0.15, 0.2) is 23.6 Å². The highest BCUT2D eigenvalue weighted by atomic mass is 35.5. The molecule has 4 nitrogen and oxygen atoms in total. The van der Waals surface area contributed by atoms with Crippen LogP contribution in [-0.4, -0.2) is 24.2 Å². The van der Waals surface area contributed by atoms with Crippen molar-refractivity contribution >= 4 is 61.8 Å². The normalized spacial score (nSPS) is 20.9. The summed E-state index contributed by atoms with van der Waals surface area (Å²) < 4.78 is 6.63. The lowest BCUT2D eigenvalue weighted by Gasteiger charge is -2.28. The van der Waals surface area contributed by atoms with Gasteiger partial charge in [0.25, 0.3) is 0 Å². The summed E-state index contributed by atoms with van der Waals surface area (Å²) >= 11 is 16.2. The second-order valence-corrected chi connectivity index (χ2v) is 8.87. The van der Waals surface area contributed by atoms with Crippen molar-refractivity contribution in [3.8, 4) is 0 Å². The molecule has 0 unspecified atom stereocenters. The first-order valence-corrected chi connectivity index (χ1v) is 10.5. The van der Waals surface area contributed by atoms with E-state index >= 15 is 0 Å². The highest BCUT2D eigenvalue weighted by Gasteiger charge is 2.29. The molecule has 3 N–H and O–H groups in total. The summed E-state index contributed by atoms with van der Waals surface area (Å²) in [6, 6.07) is 6.05. The van der Waals surface area contributed by atoms with Crippen LogP contribution in [0.2, 0.25) is 10.2 Å². The van der Waals surface area contributed by atoms with Crippen molar-refractivity contribution < 1.29 is 4.74 Å². The smallest absolute Gasteiger partial charge is 0.131 e. The highest BCUT2D eigenvalue weighted by Crippen LogP contribution is 2.44. The number of thiophene rings is 2. The molecule has 0 aromatic carbocycles. The Kier molecular flexibility index (Phi) is 5.18. The largest absolute Gasteiger partial charge is 0.381 e. The molecule has 25 heavy (non-hydrogen) atoms. The van der Waals surface area contributed by atoms with E-state index in [0.717, 1.165) is 33.7 Å². The van der Waals surface area contributed by atoms with Crippen LogP contribution in [0, 0.1) is 0 Å². The molecule has 1 fully saturated rings. The lowest BCUT2D eigenvalue weighted by molar-refractivity contribution is 0.0702. The van der Waals surface area contributed by atoms with Gasteiger partial charge < -0.3 is 15.8 Å². The second kappa shape index (κ2) is 7.39. The van der Waals surface area contributed by atoms with Crippen LogP contribution >= 0.6 is 45.9 Å². The predicted octanol–water partition coefficient (Wildman–Crippen LogP) is 5.11. The highest BCUT2D eigenvalue weighted by molar-refractivity contribution is 7.20. The molecule has 0 radical (unpaired) electrons. The third-order valence-electron chi connectivity index (χ3n) is 4.36. The van der Waals surface area contributed by atoms with Gasteiger partial charge in [0.15, 0.2) is 0 Å². The van der Waals surface area contributed by atoms with E-state index in [4.69, 9.17) is 33.7 Å². The van der Waals surface area contributed by atoms with E-state index in [1.165, 1.54) is 4.88 Å². The Bertz CT molecular complexity index is 882. The third kappa shape index (κ3) is 3.52. The van der Waals surface area contributed by atoms with Crippen molar-refractivity contribution in [1.82, 2.24) is 4.98 Å². The van der Waals surface area contributed by atoms with Crippen LogP contribution in [-0.2, 0) is 11.3 Å². The number of aromatic nitrogens is 1. The summed E-state index contributed by atoms with van der Waals surface area (Å²) in [4.78, 5) is 6.74. The summed E-state index contributed by atoms with van der Waals surface area (Å²) in [5.74, 6) is 0.101. The molecule has 0 aliphatic carbocycles. The van der Waals surface area contributed by atoms with Crippen molar-refractivity contribution in [3.63, 3.8) is 0 Å². The summed E-state index contributed by atoms with van der Waals surface area (Å²) in [7, 11) is 0. The molecule has 0 bridgehead atoms. The molecule has 1 aliphatic heterocycles. The second-order valence-electron chi connectivity index (χ2n) is 6.02. The van der Waals surface area contributed by atoms with Gasteiger partial charge in [0.2, 0.25) is 0 Å². The van der Waals surface area contributed by atoms with Crippen LogP contribution in [0.5, 0.6) is 0 Å². The molecular weight excluding hydrogens is 397 g/mol. The van der Waals surface area contributed by atoms with Gasteiger partial charge in [-0.05, 0) is 17.9 Å². The Hall–Kier alpha value is -0.890. The average molecular weight is 414 g/mol. The quantitative estimate of drug-likeness (QED) is 0.583. The molecule has 0 saturated carbocycles. The molecular formula is C17H17Cl2N3OS2. The van der Waals surface area contributed by atoms with Gasteiger partial charge in [0.1, 0.15) is 10.7 Å². The maximum Gasteiger partial charge on any atom is 0.131 e. The minimum absolute atomic E-state index is 0.0531. The van der Waals surface area contributed by atoms with Crippen molar-refractivity contribution in [1.29, 1.82) is 0 Å². The van der Waals surface area contributed by atoms with E-state index in [0.29, 0.717) is 23.4 Å². The van der Waals surface area contributed by atoms with E-state index in [1.807, 2.05) is 12.1 Å². The monoisotopic (exact) mass is 413 g/mol. The van der Waals surface area contributed by atoms with E-state index in [1.54, 1.807) is 22.7 Å². The van der Waals surface area contributed by atoms with Crippen molar-refractivity contribution in [2.45, 2.75) is 24.9 Å². The molecule has 4 heterocycles. The van der Waals surface area contributed by atoms with Crippen molar-refractivity contribution in [2.24, 2.45) is 5.73 Å². The summed E-state index contributed by atoms with van der Waals surface area (Å²) in [5.41, 5.74) is 7.99. The summed E-state index contributed by atoms with van der Waals surface area (Å²) in [5, 5.41) is 6.60. The molecule has 4 rings (SSSR count). The molecule has 0 spiro atoms. The number of ether oxygens (including phenoxy) is 1. The van der Waals surface area contributed by atoms with Crippen LogP contribution in [0.3, 0.4) is 0 Å². The number of nitrogens with two attached hydrogens (primary N) is 1. The SMILES string of the molecule is N[C@@H]1CCOC[C@H]1c1sc2c(NCc3cccs3)cc(Cl)nc2c1Cl.